The van der Waals surface area contributed by atoms with Crippen LogP contribution in [-0.2, 0) is 6.54 Å². The first-order valence-corrected chi connectivity index (χ1v) is 8.70. The molecule has 0 aliphatic carbocycles. The summed E-state index contributed by atoms with van der Waals surface area (Å²) in [5.74, 6) is 0.815. The van der Waals surface area contributed by atoms with Gasteiger partial charge in [-0.05, 0) is 49.2 Å². The van der Waals surface area contributed by atoms with Crippen molar-refractivity contribution in [3.8, 4) is 5.75 Å². The predicted molar refractivity (Wildman–Crippen MR) is 97.4 cm³/mol. The van der Waals surface area contributed by atoms with Gasteiger partial charge in [0.2, 0.25) is 0 Å². The van der Waals surface area contributed by atoms with Gasteiger partial charge in [0.05, 0.1) is 6.61 Å². The fraction of sp³-hybridized carbons (Fsp3) is 0.400. The number of ether oxygens (including phenoxy) is 1. The summed E-state index contributed by atoms with van der Waals surface area (Å²) in [6.07, 6.45) is 2.45. The lowest BCUT2D eigenvalue weighted by Gasteiger charge is -2.33. The minimum Gasteiger partial charge on any atom is -0.491 e. The molecule has 4 heteroatoms. The van der Waals surface area contributed by atoms with E-state index in [1.54, 1.807) is 0 Å². The summed E-state index contributed by atoms with van der Waals surface area (Å²) >= 11 is 0. The number of aliphatic hydroxyl groups excluding tert-OH is 1. The fourth-order valence-corrected chi connectivity index (χ4v) is 3.20. The Kier molecular flexibility index (Phi) is 6.10. The highest BCUT2D eigenvalue weighted by Gasteiger charge is 2.19. The topological polar surface area (TPSA) is 44.7 Å². The molecule has 1 aliphatic heterocycles. The molecular formula is C20H26N2O2. The van der Waals surface area contributed by atoms with E-state index in [4.69, 9.17) is 9.84 Å². The van der Waals surface area contributed by atoms with Gasteiger partial charge < -0.3 is 15.2 Å². The van der Waals surface area contributed by atoms with Crippen molar-refractivity contribution in [2.24, 2.45) is 0 Å². The van der Waals surface area contributed by atoms with Crippen molar-refractivity contribution >= 4 is 5.69 Å². The molecule has 0 spiro atoms. The molecule has 1 aliphatic rings. The van der Waals surface area contributed by atoms with Gasteiger partial charge in [-0.15, -0.1) is 0 Å². The zero-order valence-corrected chi connectivity index (χ0v) is 14.0. The molecule has 0 bridgehead atoms. The van der Waals surface area contributed by atoms with E-state index in [0.717, 1.165) is 25.4 Å². The highest BCUT2D eigenvalue weighted by Crippen LogP contribution is 2.19. The molecule has 24 heavy (non-hydrogen) atoms. The number of hydrogen-bond acceptors (Lipinski definition) is 4. The summed E-state index contributed by atoms with van der Waals surface area (Å²) in [5.41, 5.74) is 2.50. The minimum absolute atomic E-state index is 0.0470. The normalized spacial score (nSPS) is 18.3. The van der Waals surface area contributed by atoms with Crippen molar-refractivity contribution < 1.29 is 9.84 Å². The molecule has 0 aromatic heterocycles. The molecule has 4 nitrogen and oxygen atoms in total. The van der Waals surface area contributed by atoms with E-state index < -0.39 is 0 Å². The zero-order valence-electron chi connectivity index (χ0n) is 14.0. The maximum atomic E-state index is 8.79. The minimum atomic E-state index is 0.0470. The van der Waals surface area contributed by atoms with Gasteiger partial charge in [-0.1, -0.05) is 30.3 Å². The zero-order chi connectivity index (χ0) is 16.6. The van der Waals surface area contributed by atoms with Crippen molar-refractivity contribution in [3.05, 3.63) is 60.2 Å². The molecule has 1 atom stereocenters. The SMILES string of the molecule is OCCOc1ccc(CN2CCC[C@H](Nc3ccccc3)C2)cc1. The van der Waals surface area contributed by atoms with E-state index >= 15 is 0 Å². The summed E-state index contributed by atoms with van der Waals surface area (Å²) in [4.78, 5) is 2.51. The first-order valence-electron chi connectivity index (χ1n) is 8.70. The van der Waals surface area contributed by atoms with E-state index in [-0.39, 0.29) is 6.61 Å². The molecule has 1 saturated heterocycles. The molecule has 1 fully saturated rings. The molecule has 0 unspecified atom stereocenters. The summed E-state index contributed by atoms with van der Waals surface area (Å²) in [6.45, 7) is 3.57. The Morgan fingerprint density at radius 2 is 1.88 bits per heavy atom. The quantitative estimate of drug-likeness (QED) is 0.820. The Bertz CT molecular complexity index is 601. The van der Waals surface area contributed by atoms with Gasteiger partial charge >= 0.3 is 0 Å². The Labute approximate surface area is 144 Å². The van der Waals surface area contributed by atoms with Gasteiger partial charge in [0.1, 0.15) is 12.4 Å². The van der Waals surface area contributed by atoms with Gasteiger partial charge in [-0.25, -0.2) is 0 Å². The number of likely N-dealkylation sites (tertiary alicyclic amines) is 1. The van der Waals surface area contributed by atoms with Crippen molar-refractivity contribution in [2.45, 2.75) is 25.4 Å². The lowest BCUT2D eigenvalue weighted by Crippen LogP contribution is -2.41. The van der Waals surface area contributed by atoms with E-state index in [0.29, 0.717) is 12.6 Å². The third-order valence-electron chi connectivity index (χ3n) is 4.34. The standard InChI is InChI=1S/C20H26N2O2/c23-13-14-24-20-10-8-17(9-11-20)15-22-12-4-7-19(16-22)21-18-5-2-1-3-6-18/h1-3,5-6,8-11,19,21,23H,4,7,12-16H2/t19-/m0/s1. The van der Waals surface area contributed by atoms with Crippen LogP contribution in [0.1, 0.15) is 18.4 Å². The van der Waals surface area contributed by atoms with Gasteiger partial charge in [0.25, 0.3) is 0 Å². The Morgan fingerprint density at radius 3 is 2.62 bits per heavy atom. The first-order chi connectivity index (χ1) is 11.8. The number of nitrogens with zero attached hydrogens (tertiary/aromatic N) is 1. The third kappa shape index (κ3) is 4.98. The second-order valence-corrected chi connectivity index (χ2v) is 6.30. The van der Waals surface area contributed by atoms with E-state index in [1.807, 2.05) is 18.2 Å². The van der Waals surface area contributed by atoms with Gasteiger partial charge in [0, 0.05) is 24.8 Å². The van der Waals surface area contributed by atoms with Gasteiger partial charge in [0.15, 0.2) is 0 Å². The van der Waals surface area contributed by atoms with Crippen LogP contribution in [0.3, 0.4) is 0 Å². The monoisotopic (exact) mass is 326 g/mol. The largest absolute Gasteiger partial charge is 0.491 e. The number of aliphatic hydroxyl groups is 1. The maximum absolute atomic E-state index is 8.79. The van der Waals surface area contributed by atoms with Gasteiger partial charge in [-0.2, -0.15) is 0 Å². The van der Waals surface area contributed by atoms with E-state index in [2.05, 4.69) is 46.6 Å². The molecule has 3 rings (SSSR count). The highest BCUT2D eigenvalue weighted by atomic mass is 16.5. The number of piperidine rings is 1. The smallest absolute Gasteiger partial charge is 0.119 e. The Hall–Kier alpha value is -2.04. The van der Waals surface area contributed by atoms with Gasteiger partial charge in [-0.3, -0.25) is 4.90 Å². The fourth-order valence-electron chi connectivity index (χ4n) is 3.20. The number of rotatable bonds is 7. The molecule has 2 N–H and O–H groups in total. The predicted octanol–water partition coefficient (Wildman–Crippen LogP) is 3.13. The van der Waals surface area contributed by atoms with Crippen LogP contribution in [0.5, 0.6) is 5.75 Å². The number of nitrogens with one attached hydrogen (secondary N) is 1. The van der Waals surface area contributed by atoms with Crippen LogP contribution in [0.2, 0.25) is 0 Å². The molecule has 0 saturated carbocycles. The van der Waals surface area contributed by atoms with Crippen LogP contribution in [0.15, 0.2) is 54.6 Å². The molecule has 2 aromatic rings. The number of para-hydroxylation sites is 1. The third-order valence-corrected chi connectivity index (χ3v) is 4.34. The summed E-state index contributed by atoms with van der Waals surface area (Å²) in [6, 6.07) is 19.1. The van der Waals surface area contributed by atoms with Crippen LogP contribution in [0, 0.1) is 0 Å². The lowest BCUT2D eigenvalue weighted by molar-refractivity contribution is 0.200. The number of benzene rings is 2. The highest BCUT2D eigenvalue weighted by molar-refractivity contribution is 5.43. The van der Waals surface area contributed by atoms with Crippen LogP contribution >= 0.6 is 0 Å². The maximum Gasteiger partial charge on any atom is 0.119 e. The van der Waals surface area contributed by atoms with Crippen LogP contribution in [0.4, 0.5) is 5.69 Å². The van der Waals surface area contributed by atoms with Crippen LogP contribution < -0.4 is 10.1 Å². The Morgan fingerprint density at radius 1 is 1.08 bits per heavy atom. The van der Waals surface area contributed by atoms with Crippen LogP contribution in [-0.4, -0.2) is 42.4 Å². The number of hydrogen-bond donors (Lipinski definition) is 2. The average Bonchev–Trinajstić information content (AvgIpc) is 2.62. The second kappa shape index (κ2) is 8.71. The first kappa shape index (κ1) is 16.8. The molecule has 2 aromatic carbocycles. The van der Waals surface area contributed by atoms with Crippen LogP contribution in [0.25, 0.3) is 0 Å². The molecule has 128 valence electrons. The summed E-state index contributed by atoms with van der Waals surface area (Å²) in [5, 5.41) is 12.4. The molecular weight excluding hydrogens is 300 g/mol. The Balaban J connectivity index is 1.51. The van der Waals surface area contributed by atoms with E-state index in [9.17, 15) is 0 Å². The number of anilines is 1. The van der Waals surface area contributed by atoms with E-state index in [1.165, 1.54) is 24.1 Å². The van der Waals surface area contributed by atoms with Crippen molar-refractivity contribution in [1.82, 2.24) is 4.90 Å². The molecule has 0 amide bonds. The van der Waals surface area contributed by atoms with Crippen molar-refractivity contribution in [1.29, 1.82) is 0 Å². The van der Waals surface area contributed by atoms with Crippen molar-refractivity contribution in [2.75, 3.05) is 31.6 Å². The lowest BCUT2D eigenvalue weighted by atomic mass is 10.0. The molecule has 1 heterocycles. The molecule has 0 radical (unpaired) electrons. The second-order valence-electron chi connectivity index (χ2n) is 6.30. The summed E-state index contributed by atoms with van der Waals surface area (Å²) < 4.78 is 5.41. The summed E-state index contributed by atoms with van der Waals surface area (Å²) in [7, 11) is 0. The van der Waals surface area contributed by atoms with Crippen molar-refractivity contribution in [3.63, 3.8) is 0 Å². The average molecular weight is 326 g/mol.